The molecular formula is C20H24N4O4S. The van der Waals surface area contributed by atoms with Crippen molar-refractivity contribution in [1.29, 1.82) is 5.41 Å². The van der Waals surface area contributed by atoms with Crippen molar-refractivity contribution >= 4 is 35.2 Å². The third-order valence-electron chi connectivity index (χ3n) is 4.48. The summed E-state index contributed by atoms with van der Waals surface area (Å²) in [7, 11) is 0. The molecule has 0 fully saturated rings. The van der Waals surface area contributed by atoms with Crippen LogP contribution in [0.25, 0.3) is 0 Å². The summed E-state index contributed by atoms with van der Waals surface area (Å²) in [4.78, 5) is 24.0. The molecule has 0 aliphatic carbocycles. The van der Waals surface area contributed by atoms with Crippen molar-refractivity contribution in [2.75, 3.05) is 18.2 Å². The lowest BCUT2D eigenvalue weighted by molar-refractivity contribution is -0.142. The molecule has 2 aromatic carbocycles. The number of carbonyl (C=O) groups excluding carboxylic acids is 1. The van der Waals surface area contributed by atoms with Crippen molar-refractivity contribution in [2.45, 2.75) is 23.8 Å². The quantitative estimate of drug-likeness (QED) is 0.226. The van der Waals surface area contributed by atoms with Crippen LogP contribution in [0.5, 0.6) is 5.75 Å². The van der Waals surface area contributed by atoms with Crippen molar-refractivity contribution in [1.82, 2.24) is 0 Å². The van der Waals surface area contributed by atoms with Crippen LogP contribution in [0.3, 0.4) is 0 Å². The average molecular weight is 417 g/mol. The average Bonchev–Trinajstić information content (AvgIpc) is 2.70. The van der Waals surface area contributed by atoms with Gasteiger partial charge in [-0.3, -0.25) is 10.2 Å². The summed E-state index contributed by atoms with van der Waals surface area (Å²) in [5.41, 5.74) is 10.9. The number of anilines is 1. The second-order valence-corrected chi connectivity index (χ2v) is 7.15. The number of thioether (sulfide) groups is 1. The fourth-order valence-corrected chi connectivity index (χ4v) is 3.45. The van der Waals surface area contributed by atoms with E-state index in [1.165, 1.54) is 11.8 Å². The summed E-state index contributed by atoms with van der Waals surface area (Å²) in [5.74, 6) is -1.23. The van der Waals surface area contributed by atoms with Gasteiger partial charge in [0.15, 0.2) is 12.1 Å². The number of nitrogen functional groups attached to an aromatic ring is 1. The number of rotatable bonds is 10. The molecule has 0 aliphatic rings. The van der Waals surface area contributed by atoms with Gasteiger partial charge in [0.1, 0.15) is 11.6 Å². The molecular weight excluding hydrogens is 392 g/mol. The molecule has 154 valence electrons. The third-order valence-corrected chi connectivity index (χ3v) is 5.23. The maximum absolute atomic E-state index is 12.3. The topological polar surface area (TPSA) is 152 Å². The minimum absolute atomic E-state index is 0.0623. The molecule has 0 spiro atoms. The van der Waals surface area contributed by atoms with Gasteiger partial charge in [0, 0.05) is 16.1 Å². The van der Waals surface area contributed by atoms with E-state index in [0.717, 1.165) is 0 Å². The fraction of sp³-hybridized carbons (Fsp3) is 0.250. The number of aliphatic carboxylic acids is 1. The Bertz CT molecular complexity index is 917. The highest BCUT2D eigenvalue weighted by Gasteiger charge is 2.39. The van der Waals surface area contributed by atoms with Gasteiger partial charge in [0.05, 0.1) is 0 Å². The molecule has 29 heavy (non-hydrogen) atoms. The first kappa shape index (κ1) is 22.1. The molecule has 7 N–H and O–H groups in total. The molecule has 0 heterocycles. The number of hydrogen-bond acceptors (Lipinski definition) is 6. The van der Waals surface area contributed by atoms with Gasteiger partial charge in [0.25, 0.3) is 5.91 Å². The van der Waals surface area contributed by atoms with Crippen LogP contribution in [0.1, 0.15) is 24.5 Å². The van der Waals surface area contributed by atoms with Crippen LogP contribution >= 0.6 is 11.8 Å². The largest absolute Gasteiger partial charge is 0.483 e. The van der Waals surface area contributed by atoms with E-state index < -0.39 is 17.4 Å². The van der Waals surface area contributed by atoms with Gasteiger partial charge in [-0.15, -0.1) is 11.8 Å². The van der Waals surface area contributed by atoms with E-state index >= 15 is 0 Å². The lowest BCUT2D eigenvalue weighted by Gasteiger charge is -2.31. The molecule has 9 heteroatoms. The minimum Gasteiger partial charge on any atom is -0.483 e. The Balaban J connectivity index is 2.44. The number of primary amides is 1. The first-order valence-electron chi connectivity index (χ1n) is 8.79. The van der Waals surface area contributed by atoms with Crippen LogP contribution in [-0.2, 0) is 15.1 Å². The van der Waals surface area contributed by atoms with E-state index in [0.29, 0.717) is 27.5 Å². The predicted molar refractivity (Wildman–Crippen MR) is 114 cm³/mol. The van der Waals surface area contributed by atoms with Crippen molar-refractivity contribution < 1.29 is 19.4 Å². The van der Waals surface area contributed by atoms with Gasteiger partial charge in [0.2, 0.25) is 0 Å². The Labute approximate surface area is 173 Å². The van der Waals surface area contributed by atoms with Crippen LogP contribution in [0.4, 0.5) is 5.69 Å². The van der Waals surface area contributed by atoms with Crippen LogP contribution in [0.2, 0.25) is 0 Å². The minimum atomic E-state index is -1.38. The number of hydrogen-bond donors (Lipinski definition) is 5. The molecule has 1 unspecified atom stereocenters. The summed E-state index contributed by atoms with van der Waals surface area (Å²) in [6.45, 7) is 1.52. The molecule has 8 nitrogen and oxygen atoms in total. The zero-order valence-corrected chi connectivity index (χ0v) is 17.0. The number of carbonyl (C=O) groups is 2. The molecule has 1 atom stereocenters. The van der Waals surface area contributed by atoms with E-state index in [1.54, 1.807) is 49.4 Å². The van der Waals surface area contributed by atoms with Gasteiger partial charge in [-0.25, -0.2) is 4.79 Å². The Morgan fingerprint density at radius 2 is 1.86 bits per heavy atom. The van der Waals surface area contributed by atoms with Crippen LogP contribution < -0.4 is 21.5 Å². The number of ether oxygens (including phenoxy) is 1. The monoisotopic (exact) mass is 416 g/mol. The molecule has 0 saturated carbocycles. The highest BCUT2D eigenvalue weighted by atomic mass is 32.2. The first-order valence-corrected chi connectivity index (χ1v) is 10.0. The lowest BCUT2D eigenvalue weighted by atomic mass is 9.86. The number of benzene rings is 2. The van der Waals surface area contributed by atoms with Gasteiger partial charge in [-0.2, -0.15) is 0 Å². The zero-order valence-electron chi connectivity index (χ0n) is 16.2. The van der Waals surface area contributed by atoms with E-state index in [-0.39, 0.29) is 18.9 Å². The first-order chi connectivity index (χ1) is 13.7. The molecule has 0 aliphatic heterocycles. The predicted octanol–water partition coefficient (Wildman–Crippen LogP) is 2.36. The van der Waals surface area contributed by atoms with Crippen LogP contribution in [-0.4, -0.2) is 35.7 Å². The maximum Gasteiger partial charge on any atom is 0.334 e. The number of carboxylic acids is 1. The highest BCUT2D eigenvalue weighted by molar-refractivity contribution is 7.98. The van der Waals surface area contributed by atoms with Crippen LogP contribution in [0, 0.1) is 5.41 Å². The van der Waals surface area contributed by atoms with Gasteiger partial charge in [-0.05, 0) is 54.6 Å². The Morgan fingerprint density at radius 1 is 1.21 bits per heavy atom. The van der Waals surface area contributed by atoms with Crippen molar-refractivity contribution in [3.8, 4) is 5.75 Å². The summed E-state index contributed by atoms with van der Waals surface area (Å²) in [6, 6.07) is 11.7. The summed E-state index contributed by atoms with van der Waals surface area (Å²) in [5, 5.41) is 20.7. The van der Waals surface area contributed by atoms with Gasteiger partial charge >= 0.3 is 5.97 Å². The molecule has 0 saturated heterocycles. The second-order valence-electron chi connectivity index (χ2n) is 6.30. The number of nitrogens with one attached hydrogen (secondary N) is 2. The smallest absolute Gasteiger partial charge is 0.334 e. The molecule has 0 aromatic heterocycles. The molecule has 2 aromatic rings. The van der Waals surface area contributed by atoms with Gasteiger partial charge < -0.3 is 26.6 Å². The van der Waals surface area contributed by atoms with E-state index in [4.69, 9.17) is 21.6 Å². The second kappa shape index (κ2) is 9.33. The number of nitrogens with two attached hydrogens (primary N) is 2. The molecule has 2 rings (SSSR count). The number of amidine groups is 1. The standard InChI is InChI=1S/C20H24N4O4S/c1-3-20(19(26)27,24-14-7-4-12(5-8-14)18(22)23)13-6-9-15(16(10-13)29-2)28-11-17(21)25/h4-10,24H,3,11H2,1-2H3,(H2,21,25)(H3,22,23)(H,26,27). The molecule has 0 bridgehead atoms. The SMILES string of the molecule is CCC(Nc1ccc(C(=N)N)cc1)(C(=O)O)c1ccc(OCC(N)=O)c(SC)c1. The number of carboxylic acid groups (broad SMARTS) is 1. The Kier molecular flexibility index (Phi) is 7.11. The van der Waals surface area contributed by atoms with Crippen LogP contribution in [0.15, 0.2) is 47.4 Å². The maximum atomic E-state index is 12.3. The highest BCUT2D eigenvalue weighted by Crippen LogP contribution is 2.36. The molecule has 1 amide bonds. The normalized spacial score (nSPS) is 12.6. The fourth-order valence-electron chi connectivity index (χ4n) is 2.87. The summed E-state index contributed by atoms with van der Waals surface area (Å²) >= 11 is 1.38. The lowest BCUT2D eigenvalue weighted by Crippen LogP contribution is -2.43. The van der Waals surface area contributed by atoms with Crippen molar-refractivity contribution in [3.05, 3.63) is 53.6 Å². The van der Waals surface area contributed by atoms with Crippen molar-refractivity contribution in [3.63, 3.8) is 0 Å². The third kappa shape index (κ3) is 5.00. The Hall–Kier alpha value is -3.20. The van der Waals surface area contributed by atoms with E-state index in [1.807, 2.05) is 6.26 Å². The molecule has 0 radical (unpaired) electrons. The summed E-state index contributed by atoms with van der Waals surface area (Å²) in [6.07, 6.45) is 2.10. The van der Waals surface area contributed by atoms with E-state index in [9.17, 15) is 14.7 Å². The Morgan fingerprint density at radius 3 is 2.34 bits per heavy atom. The van der Waals surface area contributed by atoms with Crippen molar-refractivity contribution in [2.24, 2.45) is 11.5 Å². The number of amides is 1. The zero-order chi connectivity index (χ0) is 21.6. The summed E-state index contributed by atoms with van der Waals surface area (Å²) < 4.78 is 5.41. The van der Waals surface area contributed by atoms with Gasteiger partial charge in [-0.1, -0.05) is 13.0 Å². The van der Waals surface area contributed by atoms with E-state index in [2.05, 4.69) is 5.32 Å².